The summed E-state index contributed by atoms with van der Waals surface area (Å²) in [6.07, 6.45) is -0.502. The average molecular weight is 321 g/mol. The number of amides is 1. The number of ether oxygens (including phenoxy) is 2. The van der Waals surface area contributed by atoms with Crippen LogP contribution in [0.1, 0.15) is 31.3 Å². The number of alkyl carbamates (subject to hydrolysis) is 1. The lowest BCUT2D eigenvalue weighted by atomic mass is 10.2. The first kappa shape index (κ1) is 16.7. The lowest BCUT2D eigenvalue weighted by Gasteiger charge is -2.19. The number of furan rings is 1. The van der Waals surface area contributed by atoms with E-state index in [4.69, 9.17) is 19.0 Å². The Kier molecular flexibility index (Phi) is 4.78. The largest absolute Gasteiger partial charge is 0.492 e. The Bertz CT molecular complexity index is 713. The van der Waals surface area contributed by atoms with E-state index in [2.05, 4.69) is 5.32 Å². The number of carbonyl (C=O) groups is 2. The zero-order valence-corrected chi connectivity index (χ0v) is 13.2. The predicted octanol–water partition coefficient (Wildman–Crippen LogP) is 3.03. The van der Waals surface area contributed by atoms with Gasteiger partial charge in [-0.2, -0.15) is 0 Å². The highest BCUT2D eigenvalue weighted by atomic mass is 16.6. The van der Waals surface area contributed by atoms with Crippen molar-refractivity contribution in [1.82, 2.24) is 5.32 Å². The normalized spacial score (nSPS) is 11.3. The Balaban J connectivity index is 1.85. The summed E-state index contributed by atoms with van der Waals surface area (Å²) in [7, 11) is 0. The molecule has 0 radical (unpaired) electrons. The molecule has 0 fully saturated rings. The van der Waals surface area contributed by atoms with Crippen LogP contribution in [0.15, 0.2) is 28.7 Å². The van der Waals surface area contributed by atoms with Crippen LogP contribution in [0.5, 0.6) is 5.75 Å². The molecule has 0 bridgehead atoms. The maximum absolute atomic E-state index is 11.5. The molecule has 7 nitrogen and oxygen atoms in total. The highest BCUT2D eigenvalue weighted by Crippen LogP contribution is 2.24. The summed E-state index contributed by atoms with van der Waals surface area (Å²) in [6.45, 7) is 5.91. The van der Waals surface area contributed by atoms with Crippen LogP contribution >= 0.6 is 0 Å². The fraction of sp³-hybridized carbons (Fsp3) is 0.375. The Hall–Kier alpha value is -2.70. The molecule has 0 spiro atoms. The van der Waals surface area contributed by atoms with E-state index in [9.17, 15) is 9.59 Å². The Morgan fingerprint density at radius 1 is 1.26 bits per heavy atom. The minimum Gasteiger partial charge on any atom is -0.492 e. The minimum atomic E-state index is -1.12. The quantitative estimate of drug-likeness (QED) is 0.821. The van der Waals surface area contributed by atoms with Gasteiger partial charge in [-0.3, -0.25) is 0 Å². The van der Waals surface area contributed by atoms with Crippen molar-refractivity contribution >= 4 is 23.0 Å². The molecule has 0 aliphatic rings. The number of fused-ring (bicyclic) bond motifs is 1. The summed E-state index contributed by atoms with van der Waals surface area (Å²) in [5.41, 5.74) is -0.0688. The van der Waals surface area contributed by atoms with Crippen LogP contribution in [0, 0.1) is 0 Å². The van der Waals surface area contributed by atoms with Gasteiger partial charge in [-0.1, -0.05) is 0 Å². The van der Waals surface area contributed by atoms with Gasteiger partial charge in [0.1, 0.15) is 23.5 Å². The molecule has 23 heavy (non-hydrogen) atoms. The van der Waals surface area contributed by atoms with Crippen molar-refractivity contribution in [3.05, 3.63) is 30.0 Å². The molecule has 1 aromatic heterocycles. The fourth-order valence-electron chi connectivity index (χ4n) is 1.85. The van der Waals surface area contributed by atoms with Crippen molar-refractivity contribution in [2.75, 3.05) is 13.2 Å². The van der Waals surface area contributed by atoms with Gasteiger partial charge in [-0.15, -0.1) is 0 Å². The number of carbonyl (C=O) groups excluding carboxylic acids is 1. The minimum absolute atomic E-state index is 0.122. The monoisotopic (exact) mass is 321 g/mol. The van der Waals surface area contributed by atoms with Crippen LogP contribution in [0.25, 0.3) is 11.0 Å². The highest BCUT2D eigenvalue weighted by molar-refractivity contribution is 5.91. The van der Waals surface area contributed by atoms with Gasteiger partial charge in [-0.25, -0.2) is 9.59 Å². The summed E-state index contributed by atoms with van der Waals surface area (Å²) < 4.78 is 15.8. The Morgan fingerprint density at radius 2 is 2.00 bits per heavy atom. The maximum Gasteiger partial charge on any atom is 0.407 e. The first-order valence-corrected chi connectivity index (χ1v) is 7.11. The zero-order chi connectivity index (χ0) is 17.0. The van der Waals surface area contributed by atoms with Gasteiger partial charge in [0.2, 0.25) is 5.76 Å². The van der Waals surface area contributed by atoms with Crippen molar-refractivity contribution in [2.45, 2.75) is 26.4 Å². The molecule has 7 heteroatoms. The van der Waals surface area contributed by atoms with Crippen LogP contribution in [0.2, 0.25) is 0 Å². The number of hydrogen-bond donors (Lipinski definition) is 2. The second-order valence-corrected chi connectivity index (χ2v) is 5.89. The molecule has 0 aliphatic heterocycles. The van der Waals surface area contributed by atoms with Gasteiger partial charge in [0.05, 0.1) is 6.54 Å². The van der Waals surface area contributed by atoms with Gasteiger partial charge < -0.3 is 24.3 Å². The van der Waals surface area contributed by atoms with E-state index >= 15 is 0 Å². The van der Waals surface area contributed by atoms with Crippen molar-refractivity contribution in [3.8, 4) is 5.75 Å². The molecule has 2 N–H and O–H groups in total. The lowest BCUT2D eigenvalue weighted by Crippen LogP contribution is -2.34. The van der Waals surface area contributed by atoms with Gasteiger partial charge in [0.25, 0.3) is 0 Å². The molecule has 0 saturated heterocycles. The number of aromatic carboxylic acids is 1. The molecule has 2 aromatic rings. The molecular weight excluding hydrogens is 302 g/mol. The van der Waals surface area contributed by atoms with Crippen LogP contribution in [0.4, 0.5) is 4.79 Å². The molecule has 0 aliphatic carbocycles. The van der Waals surface area contributed by atoms with E-state index in [-0.39, 0.29) is 12.4 Å². The molecule has 2 rings (SSSR count). The molecule has 1 heterocycles. The summed E-state index contributed by atoms with van der Waals surface area (Å²) >= 11 is 0. The average Bonchev–Trinajstić information content (AvgIpc) is 2.85. The van der Waals surface area contributed by atoms with Crippen LogP contribution in [0.3, 0.4) is 0 Å². The number of nitrogens with one attached hydrogen (secondary N) is 1. The van der Waals surface area contributed by atoms with E-state index in [1.165, 1.54) is 6.07 Å². The molecule has 0 atom stereocenters. The van der Waals surface area contributed by atoms with Gasteiger partial charge in [0.15, 0.2) is 0 Å². The van der Waals surface area contributed by atoms with E-state index < -0.39 is 17.7 Å². The maximum atomic E-state index is 11.5. The lowest BCUT2D eigenvalue weighted by molar-refractivity contribution is 0.0519. The van der Waals surface area contributed by atoms with Gasteiger partial charge in [0, 0.05) is 5.39 Å². The molecule has 124 valence electrons. The standard InChI is InChI=1S/C16H19NO6/c1-16(2,3)23-15(20)17-6-7-21-11-4-5-12-10(8-11)9-13(22-12)14(18)19/h4-5,8-9H,6-7H2,1-3H3,(H,17,20)(H,18,19). The van der Waals surface area contributed by atoms with Crippen molar-refractivity contribution in [1.29, 1.82) is 0 Å². The summed E-state index contributed by atoms with van der Waals surface area (Å²) in [6, 6.07) is 6.42. The molecular formula is C16H19NO6. The number of rotatable bonds is 5. The first-order chi connectivity index (χ1) is 10.7. The van der Waals surface area contributed by atoms with Crippen LogP contribution in [-0.4, -0.2) is 35.9 Å². The zero-order valence-electron chi connectivity index (χ0n) is 13.2. The van der Waals surface area contributed by atoms with E-state index in [0.717, 1.165) is 0 Å². The topological polar surface area (TPSA) is 98.0 Å². The predicted molar refractivity (Wildman–Crippen MR) is 82.9 cm³/mol. The van der Waals surface area contributed by atoms with E-state index in [1.807, 2.05) is 0 Å². The molecule has 0 unspecified atom stereocenters. The van der Waals surface area contributed by atoms with Crippen LogP contribution < -0.4 is 10.1 Å². The highest BCUT2D eigenvalue weighted by Gasteiger charge is 2.15. The van der Waals surface area contributed by atoms with Crippen molar-refractivity contribution in [3.63, 3.8) is 0 Å². The van der Waals surface area contributed by atoms with Crippen LogP contribution in [-0.2, 0) is 4.74 Å². The number of carboxylic acid groups (broad SMARTS) is 1. The molecule has 0 saturated carbocycles. The second-order valence-electron chi connectivity index (χ2n) is 5.89. The number of carboxylic acids is 1. The summed E-state index contributed by atoms with van der Waals surface area (Å²) in [5, 5.41) is 12.1. The number of benzene rings is 1. The van der Waals surface area contributed by atoms with Gasteiger partial charge >= 0.3 is 12.1 Å². The fourth-order valence-corrected chi connectivity index (χ4v) is 1.85. The third-order valence-corrected chi connectivity index (χ3v) is 2.74. The van der Waals surface area contributed by atoms with E-state index in [1.54, 1.807) is 39.0 Å². The third-order valence-electron chi connectivity index (χ3n) is 2.74. The SMILES string of the molecule is CC(C)(C)OC(=O)NCCOc1ccc2oc(C(=O)O)cc2c1. The number of hydrogen-bond acceptors (Lipinski definition) is 5. The van der Waals surface area contributed by atoms with Crippen molar-refractivity contribution < 1.29 is 28.6 Å². The summed E-state index contributed by atoms with van der Waals surface area (Å²) in [4.78, 5) is 22.3. The molecule has 1 amide bonds. The first-order valence-electron chi connectivity index (χ1n) is 7.11. The van der Waals surface area contributed by atoms with Crippen molar-refractivity contribution in [2.24, 2.45) is 0 Å². The summed E-state index contributed by atoms with van der Waals surface area (Å²) in [5.74, 6) is -0.685. The van der Waals surface area contributed by atoms with E-state index in [0.29, 0.717) is 23.3 Å². The van der Waals surface area contributed by atoms with Gasteiger partial charge in [-0.05, 0) is 45.0 Å². The smallest absolute Gasteiger partial charge is 0.407 e. The Labute approximate surface area is 133 Å². The third kappa shape index (κ3) is 4.91. The second kappa shape index (κ2) is 6.60. The Morgan fingerprint density at radius 3 is 2.65 bits per heavy atom. The molecule has 1 aromatic carbocycles.